The van der Waals surface area contributed by atoms with Gasteiger partial charge in [0.2, 0.25) is 0 Å². The third-order valence-electron chi connectivity index (χ3n) is 6.64. The molecule has 0 aromatic carbocycles. The Morgan fingerprint density at radius 3 is 1.04 bits per heavy atom. The van der Waals surface area contributed by atoms with E-state index in [1.54, 1.807) is 0 Å². The number of hydrogen-bond acceptors (Lipinski definition) is 2. The second kappa shape index (κ2) is 46.6. The van der Waals surface area contributed by atoms with Crippen LogP contribution in [-0.4, -0.2) is 44.7 Å². The van der Waals surface area contributed by atoms with E-state index in [1.807, 2.05) is 0 Å². The molecular formula is C40H70O4Sn. The Hall–Kier alpha value is -1.82. The summed E-state index contributed by atoms with van der Waals surface area (Å²) in [6, 6.07) is 0. The summed E-state index contributed by atoms with van der Waals surface area (Å²) in [6.07, 6.45) is 49.6. The Kier molecular flexibility index (Phi) is 49.3. The van der Waals surface area contributed by atoms with Crippen molar-refractivity contribution < 1.29 is 19.8 Å². The van der Waals surface area contributed by atoms with Crippen LogP contribution in [0.1, 0.15) is 162 Å². The van der Waals surface area contributed by atoms with Crippen molar-refractivity contribution >= 4 is 34.5 Å². The fraction of sp³-hybridized carbons (Fsp3) is 0.650. The normalized spacial score (nSPS) is 11.6. The van der Waals surface area contributed by atoms with Crippen molar-refractivity contribution in [3.8, 4) is 0 Å². The molecule has 0 aliphatic carbocycles. The molecule has 0 aromatic rings. The number of hydrogen-bond donors (Lipinski definition) is 2. The Labute approximate surface area is 292 Å². The predicted octanol–water partition coefficient (Wildman–Crippen LogP) is 12.4. The summed E-state index contributed by atoms with van der Waals surface area (Å²) in [4.78, 5) is 20.6. The maximum atomic E-state index is 10.3. The Morgan fingerprint density at radius 1 is 0.444 bits per heavy atom. The molecule has 45 heavy (non-hydrogen) atoms. The topological polar surface area (TPSA) is 74.6 Å². The van der Waals surface area contributed by atoms with Crippen LogP contribution in [0.25, 0.3) is 0 Å². The van der Waals surface area contributed by atoms with Crippen LogP contribution in [0.5, 0.6) is 0 Å². The van der Waals surface area contributed by atoms with Gasteiger partial charge in [0.25, 0.3) is 0 Å². The van der Waals surface area contributed by atoms with Gasteiger partial charge in [-0.3, -0.25) is 9.59 Å². The van der Waals surface area contributed by atoms with Crippen LogP contribution in [0.15, 0.2) is 72.9 Å². The van der Waals surface area contributed by atoms with Gasteiger partial charge in [-0.15, -0.1) is 0 Å². The molecule has 0 saturated heterocycles. The van der Waals surface area contributed by atoms with Crippen LogP contribution < -0.4 is 0 Å². The van der Waals surface area contributed by atoms with Crippen LogP contribution in [0.4, 0.5) is 0 Å². The number of unbranched alkanes of at least 4 members (excludes halogenated alkanes) is 11. The van der Waals surface area contributed by atoms with Crippen LogP contribution in [0, 0.1) is 0 Å². The van der Waals surface area contributed by atoms with Crippen molar-refractivity contribution in [1.82, 2.24) is 0 Å². The van der Waals surface area contributed by atoms with Gasteiger partial charge in [-0.2, -0.15) is 0 Å². The maximum absolute atomic E-state index is 10.3. The van der Waals surface area contributed by atoms with Crippen LogP contribution in [-0.2, 0) is 9.59 Å². The van der Waals surface area contributed by atoms with E-state index < -0.39 is 11.9 Å². The molecule has 0 saturated carbocycles. The number of allylic oxidation sites excluding steroid dienone is 12. The summed E-state index contributed by atoms with van der Waals surface area (Å²) in [7, 11) is 0. The number of carboxylic acids is 2. The summed E-state index contributed by atoms with van der Waals surface area (Å²) in [5.74, 6) is -1.35. The molecule has 0 atom stereocenters. The molecule has 5 heteroatoms. The van der Waals surface area contributed by atoms with E-state index in [-0.39, 0.29) is 0 Å². The molecule has 0 unspecified atom stereocenters. The molecular weight excluding hydrogens is 663 g/mol. The van der Waals surface area contributed by atoms with Gasteiger partial charge in [-0.05, 0) is 77.0 Å². The van der Waals surface area contributed by atoms with Gasteiger partial charge in [0, 0.05) is 12.8 Å². The first-order chi connectivity index (χ1) is 22.0. The van der Waals surface area contributed by atoms with E-state index in [4.69, 9.17) is 10.2 Å². The Balaban J connectivity index is -0.000000680. The van der Waals surface area contributed by atoms with E-state index >= 15 is 0 Å². The third-order valence-corrected chi connectivity index (χ3v) is 7.81. The minimum atomic E-state index is -0.675. The predicted molar refractivity (Wildman–Crippen MR) is 201 cm³/mol. The molecule has 0 bridgehead atoms. The average molecular weight is 734 g/mol. The second-order valence-corrected chi connectivity index (χ2v) is 12.8. The zero-order valence-corrected chi connectivity index (χ0v) is 32.8. The van der Waals surface area contributed by atoms with Crippen LogP contribution in [0.3, 0.4) is 0 Å². The minimum absolute atomic E-state index is 0.319. The Bertz CT molecular complexity index is 713. The number of carboxylic acid groups (broad SMARTS) is 2. The van der Waals surface area contributed by atoms with Crippen molar-refractivity contribution in [1.29, 1.82) is 0 Å². The first-order valence-corrected chi connectivity index (χ1v) is 20.3. The van der Waals surface area contributed by atoms with Crippen LogP contribution >= 0.6 is 0 Å². The fourth-order valence-corrected chi connectivity index (χ4v) is 5.16. The molecule has 0 aliphatic heterocycles. The summed E-state index contributed by atoms with van der Waals surface area (Å²) in [5.41, 5.74) is 0. The standard InChI is InChI=1S/2C18H30O2.C4H9.Sn.H/c2*1-2-3-4-5-6-7-8-9-10-11-12-13-14-15-16-17-18(19)20;1-3-4-2;;/h2*3-4,6-7,9-10H,2,5,8,11-17H2,1H3,(H,19,20);1,3-4H2,2H3;;/b2*4-3-,7-6-,10-9-;;;. The second-order valence-electron chi connectivity index (χ2n) is 11.1. The monoisotopic (exact) mass is 734 g/mol. The van der Waals surface area contributed by atoms with Gasteiger partial charge >= 0.3 is 58.7 Å². The van der Waals surface area contributed by atoms with Crippen molar-refractivity contribution in [2.45, 2.75) is 166 Å². The molecule has 2 N–H and O–H groups in total. The van der Waals surface area contributed by atoms with E-state index in [1.165, 1.54) is 65.5 Å². The quantitative estimate of drug-likeness (QED) is 0.0477. The van der Waals surface area contributed by atoms with Crippen molar-refractivity contribution in [2.75, 3.05) is 0 Å². The van der Waals surface area contributed by atoms with Gasteiger partial charge in [0.05, 0.1) is 0 Å². The van der Waals surface area contributed by atoms with Crippen LogP contribution in [0.2, 0.25) is 4.44 Å². The average Bonchev–Trinajstić information content (AvgIpc) is 3.02. The molecule has 0 aromatic heterocycles. The zero-order chi connectivity index (χ0) is 33.9. The van der Waals surface area contributed by atoms with Crippen molar-refractivity contribution in [3.63, 3.8) is 0 Å². The number of carbonyl (C=O) groups is 2. The number of aliphatic carboxylic acids is 2. The summed E-state index contributed by atoms with van der Waals surface area (Å²) < 4.78 is 1.47. The zero-order valence-electron chi connectivity index (χ0n) is 29.5. The molecule has 0 spiro atoms. The van der Waals surface area contributed by atoms with Gasteiger partial charge < -0.3 is 10.2 Å². The third kappa shape index (κ3) is 58.3. The SMILES string of the molecule is CC/C=C\C/C=C\C/C=C\CCCCCCCC(=O)O.CC/C=C\C/C=C\C/C=C\CCCCCCCC(=O)O.CCC[CH2][SnH]. The summed E-state index contributed by atoms with van der Waals surface area (Å²) >= 11 is 1.45. The molecule has 0 amide bonds. The molecule has 2 radical (unpaired) electrons. The van der Waals surface area contributed by atoms with Gasteiger partial charge in [-0.1, -0.05) is 125 Å². The number of rotatable bonds is 28. The van der Waals surface area contributed by atoms with Gasteiger partial charge in [0.15, 0.2) is 0 Å². The fourth-order valence-electron chi connectivity index (χ4n) is 3.99. The first kappa shape index (κ1) is 47.6. The van der Waals surface area contributed by atoms with Crippen molar-refractivity contribution in [3.05, 3.63) is 72.9 Å². The first-order valence-electron chi connectivity index (χ1n) is 18.0. The van der Waals surface area contributed by atoms with E-state index in [9.17, 15) is 9.59 Å². The van der Waals surface area contributed by atoms with Gasteiger partial charge in [-0.25, -0.2) is 0 Å². The molecule has 0 rings (SSSR count). The molecule has 0 fully saturated rings. The molecule has 4 nitrogen and oxygen atoms in total. The van der Waals surface area contributed by atoms with Gasteiger partial charge in [0.1, 0.15) is 0 Å². The summed E-state index contributed by atoms with van der Waals surface area (Å²) in [6.45, 7) is 6.53. The molecule has 258 valence electrons. The molecule has 0 aliphatic rings. The van der Waals surface area contributed by atoms with Crippen molar-refractivity contribution in [2.24, 2.45) is 0 Å². The Morgan fingerprint density at radius 2 is 0.756 bits per heavy atom. The molecule has 0 heterocycles. The summed E-state index contributed by atoms with van der Waals surface area (Å²) in [5, 5.41) is 17.0. The van der Waals surface area contributed by atoms with E-state index in [0.29, 0.717) is 12.8 Å². The van der Waals surface area contributed by atoms with E-state index in [0.717, 1.165) is 89.9 Å². The van der Waals surface area contributed by atoms with E-state index in [2.05, 4.69) is 93.7 Å².